The highest BCUT2D eigenvalue weighted by Gasteiger charge is 2.42. The summed E-state index contributed by atoms with van der Waals surface area (Å²) < 4.78 is 5.97. The zero-order valence-electron chi connectivity index (χ0n) is 11.2. The van der Waals surface area contributed by atoms with Gasteiger partial charge in [-0.3, -0.25) is 0 Å². The highest BCUT2D eigenvalue weighted by atomic mass is 16.5. The molecule has 1 aromatic rings. The maximum absolute atomic E-state index is 5.97. The maximum atomic E-state index is 5.97. The van der Waals surface area contributed by atoms with Gasteiger partial charge in [0, 0.05) is 18.3 Å². The molecular weight excluding hydrogens is 222 g/mol. The number of anilines is 1. The van der Waals surface area contributed by atoms with Crippen LogP contribution in [0, 0.1) is 0 Å². The van der Waals surface area contributed by atoms with Gasteiger partial charge >= 0.3 is 0 Å². The zero-order chi connectivity index (χ0) is 12.4. The monoisotopic (exact) mass is 245 g/mol. The second kappa shape index (κ2) is 4.93. The lowest BCUT2D eigenvalue weighted by Crippen LogP contribution is -2.48. The van der Waals surface area contributed by atoms with Crippen LogP contribution in [0.3, 0.4) is 0 Å². The molecule has 1 atom stereocenters. The minimum absolute atomic E-state index is 0.235. The number of benzene rings is 1. The van der Waals surface area contributed by atoms with Crippen molar-refractivity contribution in [3.05, 3.63) is 29.8 Å². The Morgan fingerprint density at radius 2 is 2.06 bits per heavy atom. The highest BCUT2D eigenvalue weighted by Crippen LogP contribution is 2.42. The number of hydrogen-bond donors (Lipinski definition) is 1. The Balaban J connectivity index is 1.61. The van der Waals surface area contributed by atoms with E-state index in [4.69, 9.17) is 4.74 Å². The van der Waals surface area contributed by atoms with Crippen LogP contribution in [0.1, 0.15) is 44.6 Å². The lowest BCUT2D eigenvalue weighted by molar-refractivity contribution is -0.130. The molecule has 1 saturated carbocycles. The van der Waals surface area contributed by atoms with Gasteiger partial charge < -0.3 is 10.1 Å². The van der Waals surface area contributed by atoms with Crippen molar-refractivity contribution >= 4 is 5.69 Å². The van der Waals surface area contributed by atoms with E-state index < -0.39 is 0 Å². The third-order valence-electron chi connectivity index (χ3n) is 4.49. The van der Waals surface area contributed by atoms with E-state index in [2.05, 4.69) is 36.5 Å². The molecule has 2 aliphatic rings. The van der Waals surface area contributed by atoms with Crippen molar-refractivity contribution in [3.63, 3.8) is 0 Å². The van der Waals surface area contributed by atoms with E-state index in [1.165, 1.54) is 36.9 Å². The Labute approximate surface area is 110 Å². The first kappa shape index (κ1) is 12.0. The first-order valence-electron chi connectivity index (χ1n) is 7.29. The fourth-order valence-electron chi connectivity index (χ4n) is 3.14. The molecule has 1 aliphatic heterocycles. The van der Waals surface area contributed by atoms with Crippen molar-refractivity contribution in [1.29, 1.82) is 0 Å². The Morgan fingerprint density at radius 3 is 2.67 bits per heavy atom. The predicted molar refractivity (Wildman–Crippen MR) is 75.0 cm³/mol. The smallest absolute Gasteiger partial charge is 0.0702 e. The summed E-state index contributed by atoms with van der Waals surface area (Å²) in [5.41, 5.74) is 2.90. The van der Waals surface area contributed by atoms with Crippen LogP contribution < -0.4 is 5.32 Å². The molecule has 2 heteroatoms. The average molecular weight is 245 g/mol. The topological polar surface area (TPSA) is 21.3 Å². The molecule has 2 nitrogen and oxygen atoms in total. The van der Waals surface area contributed by atoms with Gasteiger partial charge in [-0.2, -0.15) is 0 Å². The van der Waals surface area contributed by atoms with Crippen LogP contribution in [0.15, 0.2) is 24.3 Å². The summed E-state index contributed by atoms with van der Waals surface area (Å²) in [6.45, 7) is 3.12. The first-order valence-corrected chi connectivity index (χ1v) is 7.29. The summed E-state index contributed by atoms with van der Waals surface area (Å²) in [5, 5.41) is 3.68. The van der Waals surface area contributed by atoms with Gasteiger partial charge in [0.15, 0.2) is 0 Å². The summed E-state index contributed by atoms with van der Waals surface area (Å²) in [4.78, 5) is 0. The van der Waals surface area contributed by atoms with E-state index >= 15 is 0 Å². The summed E-state index contributed by atoms with van der Waals surface area (Å²) in [6.07, 6.45) is 7.30. The molecular formula is C16H23NO. The van der Waals surface area contributed by atoms with Crippen LogP contribution in [0.5, 0.6) is 0 Å². The van der Waals surface area contributed by atoms with E-state index in [9.17, 15) is 0 Å². The molecule has 0 aromatic heterocycles. The number of nitrogens with one attached hydrogen (secondary N) is 1. The van der Waals surface area contributed by atoms with Crippen molar-refractivity contribution in [2.45, 2.75) is 57.1 Å². The summed E-state index contributed by atoms with van der Waals surface area (Å²) in [6, 6.07) is 9.46. The van der Waals surface area contributed by atoms with E-state index in [-0.39, 0.29) is 5.60 Å². The normalized spacial score (nSPS) is 25.7. The molecule has 0 bridgehead atoms. The van der Waals surface area contributed by atoms with E-state index in [1.54, 1.807) is 0 Å². The van der Waals surface area contributed by atoms with Crippen molar-refractivity contribution in [1.82, 2.24) is 0 Å². The zero-order valence-corrected chi connectivity index (χ0v) is 11.2. The number of ether oxygens (including phenoxy) is 1. The Hall–Kier alpha value is -1.02. The van der Waals surface area contributed by atoms with Gasteiger partial charge in [0.1, 0.15) is 0 Å². The Bertz CT molecular complexity index is 394. The van der Waals surface area contributed by atoms with Crippen LogP contribution in [-0.4, -0.2) is 18.2 Å². The molecule has 0 radical (unpaired) electrons. The number of aryl methyl sites for hydroxylation is 1. The summed E-state index contributed by atoms with van der Waals surface area (Å²) >= 11 is 0. The average Bonchev–Trinajstić information content (AvgIpc) is 2.38. The van der Waals surface area contributed by atoms with Crippen molar-refractivity contribution in [3.8, 4) is 0 Å². The minimum Gasteiger partial charge on any atom is -0.382 e. The molecule has 1 unspecified atom stereocenters. The van der Waals surface area contributed by atoms with Gasteiger partial charge in [-0.1, -0.05) is 19.1 Å². The van der Waals surface area contributed by atoms with Crippen molar-refractivity contribution in [2.24, 2.45) is 0 Å². The minimum atomic E-state index is 0.235. The molecule has 1 aromatic carbocycles. The van der Waals surface area contributed by atoms with Crippen molar-refractivity contribution in [2.75, 3.05) is 11.9 Å². The Morgan fingerprint density at radius 1 is 1.28 bits per heavy atom. The Kier molecular flexibility index (Phi) is 3.29. The molecule has 18 heavy (non-hydrogen) atoms. The van der Waals surface area contributed by atoms with Gasteiger partial charge in [0.25, 0.3) is 0 Å². The highest BCUT2D eigenvalue weighted by molar-refractivity contribution is 5.45. The van der Waals surface area contributed by atoms with Crippen LogP contribution >= 0.6 is 0 Å². The number of rotatable bonds is 3. The van der Waals surface area contributed by atoms with Crippen LogP contribution in [0.25, 0.3) is 0 Å². The molecule has 1 aliphatic carbocycles. The number of hydrogen-bond acceptors (Lipinski definition) is 2. The van der Waals surface area contributed by atoms with Crippen molar-refractivity contribution < 1.29 is 4.74 Å². The standard InChI is InChI=1S/C16H23NO/c1-2-13-4-6-14(7-5-13)17-15-8-11-18-16(12-15)9-3-10-16/h4-7,15,17H,2-3,8-12H2,1H3. The molecule has 2 fully saturated rings. The van der Waals surface area contributed by atoms with E-state index in [0.717, 1.165) is 19.4 Å². The molecule has 3 rings (SSSR count). The third kappa shape index (κ3) is 2.39. The van der Waals surface area contributed by atoms with Gasteiger partial charge in [-0.15, -0.1) is 0 Å². The molecule has 1 saturated heterocycles. The second-order valence-corrected chi connectivity index (χ2v) is 5.77. The van der Waals surface area contributed by atoms with Gasteiger partial charge in [-0.05, 0) is 56.2 Å². The van der Waals surface area contributed by atoms with Crippen LogP contribution in [0.4, 0.5) is 5.69 Å². The SMILES string of the molecule is CCc1ccc(NC2CCOC3(CCC3)C2)cc1. The van der Waals surface area contributed by atoms with E-state index in [0.29, 0.717) is 6.04 Å². The van der Waals surface area contributed by atoms with Crippen LogP contribution in [-0.2, 0) is 11.2 Å². The molecule has 98 valence electrons. The summed E-state index contributed by atoms with van der Waals surface area (Å²) in [7, 11) is 0. The first-order chi connectivity index (χ1) is 8.80. The van der Waals surface area contributed by atoms with E-state index in [1.807, 2.05) is 0 Å². The molecule has 1 N–H and O–H groups in total. The lowest BCUT2D eigenvalue weighted by Gasteiger charge is -2.47. The lowest BCUT2D eigenvalue weighted by atomic mass is 9.74. The fourth-order valence-corrected chi connectivity index (χ4v) is 3.14. The van der Waals surface area contributed by atoms with Gasteiger partial charge in [0.05, 0.1) is 5.60 Å². The molecule has 1 spiro atoms. The quantitative estimate of drug-likeness (QED) is 0.875. The van der Waals surface area contributed by atoms with Gasteiger partial charge in [-0.25, -0.2) is 0 Å². The fraction of sp³-hybridized carbons (Fsp3) is 0.625. The molecule has 0 amide bonds. The summed E-state index contributed by atoms with van der Waals surface area (Å²) in [5.74, 6) is 0. The third-order valence-corrected chi connectivity index (χ3v) is 4.49. The second-order valence-electron chi connectivity index (χ2n) is 5.77. The maximum Gasteiger partial charge on any atom is 0.0702 e. The van der Waals surface area contributed by atoms with Crippen LogP contribution in [0.2, 0.25) is 0 Å². The molecule has 1 heterocycles. The predicted octanol–water partition coefficient (Wildman–Crippen LogP) is 3.76. The largest absolute Gasteiger partial charge is 0.382 e. The van der Waals surface area contributed by atoms with Gasteiger partial charge in [0.2, 0.25) is 0 Å².